The molecule has 0 amide bonds. The van der Waals surface area contributed by atoms with Gasteiger partial charge in [0.1, 0.15) is 36.8 Å². The van der Waals surface area contributed by atoms with Crippen molar-refractivity contribution in [1.82, 2.24) is 29.5 Å². The molecule has 0 radical (unpaired) electrons. The lowest BCUT2D eigenvalue weighted by Crippen LogP contribution is -2.27. The Labute approximate surface area is 348 Å². The van der Waals surface area contributed by atoms with E-state index in [4.69, 9.17) is 19.6 Å². The minimum absolute atomic E-state index is 0.00842. The first kappa shape index (κ1) is 44.5. The van der Waals surface area contributed by atoms with Crippen molar-refractivity contribution in [3.05, 3.63) is 132 Å². The molecule has 0 saturated carbocycles. The standard InChI is InChI=1S/C18H19N5O7S2.C18H18N4O5S/c1-22(32(25,26)17-5-3-16(4-6-17)28-31-30-29-19)15-8-13(10-23-12-20-11-21-23)7-14(9-15)18(24)27-2;1-21(28(25,26)17-5-3-16(23)4-6-17)15-8-13(10-22-12-19-11-20-22)7-14(9-15)18(24)27-2/h3-9,11-12H,10,19H2,1-2H3;3-9,11-12,23H,10H2,1-2H3. The van der Waals surface area contributed by atoms with Crippen LogP contribution in [0.2, 0.25) is 0 Å². The van der Waals surface area contributed by atoms with Gasteiger partial charge in [0.15, 0.2) is 0 Å². The number of hydrogen-bond acceptors (Lipinski definition) is 18. The van der Waals surface area contributed by atoms with Crippen LogP contribution in [0.25, 0.3) is 0 Å². The van der Waals surface area contributed by atoms with Crippen LogP contribution in [-0.4, -0.2) is 91.7 Å². The lowest BCUT2D eigenvalue weighted by atomic mass is 10.1. The third kappa shape index (κ3) is 11.1. The first-order chi connectivity index (χ1) is 28.7. The van der Waals surface area contributed by atoms with Crippen molar-refractivity contribution in [3.63, 3.8) is 0 Å². The number of carbonyl (C=O) groups is 2. The summed E-state index contributed by atoms with van der Waals surface area (Å²) in [6, 6.07) is 20.2. The third-order valence-electron chi connectivity index (χ3n) is 8.32. The van der Waals surface area contributed by atoms with Crippen molar-refractivity contribution in [3.8, 4) is 11.5 Å². The van der Waals surface area contributed by atoms with Gasteiger partial charge >= 0.3 is 11.9 Å². The average Bonchev–Trinajstić information content (AvgIpc) is 3.98. The topological polar surface area (TPSA) is 263 Å². The molecular weight excluding hydrogens is 847 g/mol. The molecular formula is C36H37N9O12S3. The Balaban J connectivity index is 0.000000230. The van der Waals surface area contributed by atoms with Crippen LogP contribution in [-0.2, 0) is 51.9 Å². The number of nitrogens with zero attached hydrogens (tertiary/aromatic N) is 8. The van der Waals surface area contributed by atoms with Crippen molar-refractivity contribution in [2.24, 2.45) is 5.90 Å². The van der Waals surface area contributed by atoms with E-state index in [1.54, 1.807) is 33.6 Å². The van der Waals surface area contributed by atoms with Gasteiger partial charge in [-0.25, -0.2) is 45.8 Å². The molecule has 0 atom stereocenters. The Morgan fingerprint density at radius 2 is 1.13 bits per heavy atom. The van der Waals surface area contributed by atoms with Gasteiger partial charge in [-0.05, 0) is 96.1 Å². The number of ether oxygens (including phenoxy) is 2. The zero-order valence-electron chi connectivity index (χ0n) is 32.1. The molecule has 3 N–H and O–H groups in total. The molecule has 6 rings (SSSR count). The predicted molar refractivity (Wildman–Crippen MR) is 214 cm³/mol. The molecule has 0 unspecified atom stereocenters. The lowest BCUT2D eigenvalue weighted by molar-refractivity contribution is -0.199. The van der Waals surface area contributed by atoms with E-state index in [-0.39, 0.29) is 44.6 Å². The fraction of sp³-hybridized carbons (Fsp3) is 0.167. The van der Waals surface area contributed by atoms with Crippen molar-refractivity contribution in [2.75, 3.05) is 36.9 Å². The number of aromatic nitrogens is 6. The molecule has 60 heavy (non-hydrogen) atoms. The number of methoxy groups -OCH3 is 2. The molecule has 2 aromatic heterocycles. The van der Waals surface area contributed by atoms with Crippen molar-refractivity contribution >= 4 is 55.7 Å². The van der Waals surface area contributed by atoms with Gasteiger partial charge < -0.3 is 18.8 Å². The van der Waals surface area contributed by atoms with Gasteiger partial charge in [0.05, 0.1) is 59.6 Å². The number of rotatable bonds is 16. The second-order valence-corrected chi connectivity index (χ2v) is 16.5. The summed E-state index contributed by atoms with van der Waals surface area (Å²) in [4.78, 5) is 35.8. The highest BCUT2D eigenvalue weighted by Gasteiger charge is 2.25. The summed E-state index contributed by atoms with van der Waals surface area (Å²) in [7, 11) is -2.58. The zero-order valence-corrected chi connectivity index (χ0v) is 34.6. The van der Waals surface area contributed by atoms with E-state index in [1.807, 2.05) is 0 Å². The lowest BCUT2D eigenvalue weighted by Gasteiger charge is -2.21. The van der Waals surface area contributed by atoms with Crippen molar-refractivity contribution in [1.29, 1.82) is 0 Å². The van der Waals surface area contributed by atoms with Crippen LogP contribution in [0.1, 0.15) is 31.8 Å². The minimum Gasteiger partial charge on any atom is -0.508 e. The van der Waals surface area contributed by atoms with Gasteiger partial charge in [-0.1, -0.05) is 0 Å². The highest BCUT2D eigenvalue weighted by molar-refractivity contribution is 7.93. The summed E-state index contributed by atoms with van der Waals surface area (Å²) in [5, 5.41) is 17.4. The second-order valence-electron chi connectivity index (χ2n) is 12.2. The van der Waals surface area contributed by atoms with Crippen LogP contribution in [0.3, 0.4) is 0 Å². The van der Waals surface area contributed by atoms with Gasteiger partial charge in [0, 0.05) is 14.1 Å². The highest BCUT2D eigenvalue weighted by atomic mass is 32.2. The third-order valence-corrected chi connectivity index (χ3v) is 12.3. The second kappa shape index (κ2) is 19.9. The molecule has 6 aromatic rings. The maximum Gasteiger partial charge on any atom is 0.337 e. The van der Waals surface area contributed by atoms with E-state index >= 15 is 0 Å². The van der Waals surface area contributed by atoms with Crippen molar-refractivity contribution < 1.29 is 54.5 Å². The molecule has 4 aromatic carbocycles. The molecule has 316 valence electrons. The summed E-state index contributed by atoms with van der Waals surface area (Å²) >= 11 is 0.470. The number of carbonyl (C=O) groups excluding carboxylic acids is 2. The van der Waals surface area contributed by atoms with E-state index < -0.39 is 32.0 Å². The summed E-state index contributed by atoms with van der Waals surface area (Å²) in [5.41, 5.74) is 2.25. The Morgan fingerprint density at radius 1 is 0.700 bits per heavy atom. The van der Waals surface area contributed by atoms with Crippen LogP contribution >= 0.6 is 12.3 Å². The van der Waals surface area contributed by atoms with Gasteiger partial charge in [-0.2, -0.15) is 16.1 Å². The van der Waals surface area contributed by atoms with E-state index in [2.05, 4.69) is 29.5 Å². The maximum absolute atomic E-state index is 13.2. The number of aromatic hydroxyl groups is 1. The summed E-state index contributed by atoms with van der Waals surface area (Å²) in [6.07, 6.45) is 5.79. The molecule has 0 aliphatic heterocycles. The Hall–Kier alpha value is -6.57. The number of nitrogens with two attached hydrogens (primary N) is 1. The maximum atomic E-state index is 13.2. The number of hydrogen-bond donors (Lipinski definition) is 2. The molecule has 0 bridgehead atoms. The largest absolute Gasteiger partial charge is 0.508 e. The molecule has 2 heterocycles. The average molecular weight is 884 g/mol. The number of phenolic OH excluding ortho intramolecular Hbond substituents is 1. The number of benzene rings is 4. The highest BCUT2D eigenvalue weighted by Crippen LogP contribution is 2.29. The van der Waals surface area contributed by atoms with Gasteiger partial charge in [-0.3, -0.25) is 8.61 Å². The van der Waals surface area contributed by atoms with E-state index in [1.165, 1.54) is 114 Å². The van der Waals surface area contributed by atoms with Crippen LogP contribution in [0.15, 0.2) is 120 Å². The summed E-state index contributed by atoms with van der Waals surface area (Å²) < 4.78 is 76.4. The Morgan fingerprint density at radius 3 is 1.52 bits per heavy atom. The van der Waals surface area contributed by atoms with E-state index in [0.29, 0.717) is 35.7 Å². The number of esters is 2. The first-order valence-electron chi connectivity index (χ1n) is 17.0. The van der Waals surface area contributed by atoms with Gasteiger partial charge in [-0.15, -0.1) is 9.32 Å². The monoisotopic (exact) mass is 883 g/mol. The number of sulfonamides is 2. The quantitative estimate of drug-likeness (QED) is 0.0464. The van der Waals surface area contributed by atoms with Gasteiger partial charge in [0.2, 0.25) is 0 Å². The fourth-order valence-corrected chi connectivity index (χ4v) is 7.92. The fourth-order valence-electron chi connectivity index (χ4n) is 5.32. The minimum atomic E-state index is -3.95. The Kier molecular flexibility index (Phi) is 14.8. The van der Waals surface area contributed by atoms with Crippen LogP contribution in [0, 0.1) is 0 Å². The predicted octanol–water partition coefficient (Wildman–Crippen LogP) is 3.35. The van der Waals surface area contributed by atoms with E-state index in [0.717, 1.165) is 8.61 Å². The van der Waals surface area contributed by atoms with Crippen molar-refractivity contribution in [2.45, 2.75) is 22.9 Å². The summed E-state index contributed by atoms with van der Waals surface area (Å²) in [6.45, 7) is 0.578. The molecule has 21 nitrogen and oxygen atoms in total. The molecule has 0 aliphatic rings. The summed E-state index contributed by atoms with van der Waals surface area (Å²) in [5.74, 6) is 3.80. The van der Waals surface area contributed by atoms with Crippen LogP contribution in [0.4, 0.5) is 11.4 Å². The molecule has 0 spiro atoms. The molecule has 0 saturated heterocycles. The smallest absolute Gasteiger partial charge is 0.337 e. The zero-order chi connectivity index (χ0) is 43.5. The SMILES string of the molecule is COC(=O)c1cc(Cn2cncn2)cc(N(C)S(=O)(=O)c2ccc(O)cc2)c1.COC(=O)c1cc(Cn2cncn2)cc(N(C)S(=O)(=O)c2ccc(OSOON)cc2)c1. The van der Waals surface area contributed by atoms with Crippen LogP contribution in [0.5, 0.6) is 11.5 Å². The number of phenols is 1. The van der Waals surface area contributed by atoms with E-state index in [9.17, 15) is 31.5 Å². The Bertz CT molecular complexity index is 2600. The van der Waals surface area contributed by atoms with Crippen LogP contribution < -0.4 is 18.7 Å². The molecule has 24 heteroatoms. The van der Waals surface area contributed by atoms with Gasteiger partial charge in [0.25, 0.3) is 32.4 Å². The first-order valence-corrected chi connectivity index (χ1v) is 20.5. The number of anilines is 2. The normalized spacial score (nSPS) is 11.2. The molecule has 0 fully saturated rings. The molecule has 0 aliphatic carbocycles.